The fraction of sp³-hybridized carbons (Fsp3) is 0.333. The molecule has 0 spiro atoms. The monoisotopic (exact) mass is 587 g/mol. The molecule has 1 aromatic heterocycles. The quantitative estimate of drug-likeness (QED) is 0.343. The summed E-state index contributed by atoms with van der Waals surface area (Å²) in [5, 5.41) is 9.26. The first-order chi connectivity index (χ1) is 17.7. The third-order valence-electron chi connectivity index (χ3n) is 6.38. The summed E-state index contributed by atoms with van der Waals surface area (Å²) in [6, 6.07) is 9.67. The van der Waals surface area contributed by atoms with Crippen molar-refractivity contribution < 1.29 is 27.4 Å². The van der Waals surface area contributed by atoms with Crippen molar-refractivity contribution in [1.82, 2.24) is 9.88 Å². The topological polar surface area (TPSA) is 109 Å². The van der Waals surface area contributed by atoms with Crippen molar-refractivity contribution in [3.63, 3.8) is 0 Å². The average molecular weight is 589 g/mol. The molecular weight excluding hydrogens is 564 g/mol. The second-order valence-electron chi connectivity index (χ2n) is 8.68. The Balaban J connectivity index is 0.00000102. The zero-order chi connectivity index (χ0) is 26.6. The van der Waals surface area contributed by atoms with Crippen molar-refractivity contribution in [3.05, 3.63) is 68.7 Å². The highest BCUT2D eigenvalue weighted by molar-refractivity contribution is 7.92. The van der Waals surface area contributed by atoms with E-state index in [9.17, 15) is 12.8 Å². The van der Waals surface area contributed by atoms with Crippen molar-refractivity contribution in [2.45, 2.75) is 55.3 Å². The van der Waals surface area contributed by atoms with E-state index in [1.165, 1.54) is 29.5 Å². The summed E-state index contributed by atoms with van der Waals surface area (Å²) < 4.78 is 48.1. The maximum absolute atomic E-state index is 14.3. The molecule has 3 heterocycles. The zero-order valence-corrected chi connectivity index (χ0v) is 22.5. The number of nitrogens with one attached hydrogen (secondary N) is 1. The number of piperidine rings is 1. The van der Waals surface area contributed by atoms with E-state index in [2.05, 4.69) is 14.6 Å². The van der Waals surface area contributed by atoms with Crippen LogP contribution in [0.4, 0.5) is 10.2 Å². The molecule has 3 aromatic rings. The lowest BCUT2D eigenvalue weighted by atomic mass is 9.98. The molecule has 2 fully saturated rings. The van der Waals surface area contributed by atoms with Crippen LogP contribution in [-0.4, -0.2) is 48.1 Å². The van der Waals surface area contributed by atoms with Crippen LogP contribution >= 0.6 is 34.5 Å². The number of thiazole rings is 1. The molecule has 2 aliphatic heterocycles. The highest BCUT2D eigenvalue weighted by atomic mass is 35.5. The van der Waals surface area contributed by atoms with Gasteiger partial charge in [-0.05, 0) is 62.1 Å². The van der Waals surface area contributed by atoms with Crippen LogP contribution in [0, 0.1) is 5.82 Å². The SMILES string of the molecule is O=CO.O=S(=O)(Nc1cscn1)c1ccc(O[C@H]2C[C@H]3CC[C@@H](C2)N3Cc2cc(Cl)ccc2F)c(Cl)c1. The Kier molecular flexibility index (Phi) is 8.91. The molecule has 13 heteroatoms. The number of fused-ring (bicyclic) bond motifs is 2. The van der Waals surface area contributed by atoms with E-state index in [0.717, 1.165) is 25.7 Å². The molecule has 0 saturated carbocycles. The minimum Gasteiger partial charge on any atom is -0.489 e. The van der Waals surface area contributed by atoms with Crippen molar-refractivity contribution in [2.24, 2.45) is 0 Å². The molecule has 0 aliphatic carbocycles. The van der Waals surface area contributed by atoms with Gasteiger partial charge in [-0.3, -0.25) is 14.4 Å². The minimum absolute atomic E-state index is 0.0382. The number of anilines is 1. The maximum Gasteiger partial charge on any atom is 0.290 e. The first kappa shape index (κ1) is 27.6. The van der Waals surface area contributed by atoms with Crippen LogP contribution in [0.1, 0.15) is 31.2 Å². The van der Waals surface area contributed by atoms with E-state index < -0.39 is 10.0 Å². The Morgan fingerprint density at radius 3 is 2.51 bits per heavy atom. The lowest BCUT2D eigenvalue weighted by Gasteiger charge is -2.39. The second-order valence-corrected chi connectivity index (χ2v) is 11.9. The van der Waals surface area contributed by atoms with Crippen LogP contribution in [0.15, 0.2) is 52.2 Å². The van der Waals surface area contributed by atoms with Crippen LogP contribution in [0.25, 0.3) is 0 Å². The fourth-order valence-electron chi connectivity index (χ4n) is 4.82. The number of ether oxygens (including phenoxy) is 1. The molecule has 3 atom stereocenters. The third-order valence-corrected chi connectivity index (χ3v) is 8.85. The highest BCUT2D eigenvalue weighted by Crippen LogP contribution is 2.40. The number of benzene rings is 2. The number of rotatable bonds is 7. The van der Waals surface area contributed by atoms with E-state index in [-0.39, 0.29) is 46.2 Å². The Labute approximate surface area is 228 Å². The van der Waals surface area contributed by atoms with Gasteiger partial charge in [0, 0.05) is 34.6 Å². The van der Waals surface area contributed by atoms with Gasteiger partial charge in [-0.25, -0.2) is 17.8 Å². The summed E-state index contributed by atoms with van der Waals surface area (Å²) in [5.41, 5.74) is 2.15. The van der Waals surface area contributed by atoms with Crippen LogP contribution in [0.5, 0.6) is 5.75 Å². The van der Waals surface area contributed by atoms with Crippen LogP contribution in [0.3, 0.4) is 0 Å². The number of carboxylic acid groups (broad SMARTS) is 1. The van der Waals surface area contributed by atoms with Crippen molar-refractivity contribution >= 4 is 56.9 Å². The van der Waals surface area contributed by atoms with Gasteiger partial charge in [0.1, 0.15) is 17.7 Å². The largest absolute Gasteiger partial charge is 0.489 e. The van der Waals surface area contributed by atoms with Gasteiger partial charge in [-0.15, -0.1) is 11.3 Å². The van der Waals surface area contributed by atoms with E-state index in [0.29, 0.717) is 22.9 Å². The summed E-state index contributed by atoms with van der Waals surface area (Å²) in [4.78, 5) is 14.7. The summed E-state index contributed by atoms with van der Waals surface area (Å²) in [6.07, 6.45) is 3.59. The summed E-state index contributed by atoms with van der Waals surface area (Å²) in [5.74, 6) is 0.475. The Hall–Kier alpha value is -2.44. The van der Waals surface area contributed by atoms with Gasteiger partial charge in [0.05, 0.1) is 15.4 Å². The summed E-state index contributed by atoms with van der Waals surface area (Å²) in [7, 11) is -3.80. The molecule has 2 saturated heterocycles. The van der Waals surface area contributed by atoms with E-state index in [4.69, 9.17) is 37.8 Å². The first-order valence-corrected chi connectivity index (χ1v) is 14.5. The number of halogens is 3. The molecule has 0 radical (unpaired) electrons. The maximum atomic E-state index is 14.3. The van der Waals surface area contributed by atoms with Gasteiger partial charge < -0.3 is 9.84 Å². The molecule has 0 amide bonds. The number of sulfonamides is 1. The highest BCUT2D eigenvalue weighted by Gasteiger charge is 2.41. The van der Waals surface area contributed by atoms with Crippen molar-refractivity contribution in [1.29, 1.82) is 0 Å². The molecular formula is C24H24Cl2FN3O5S2. The molecule has 37 heavy (non-hydrogen) atoms. The Bertz CT molecular complexity index is 1330. The summed E-state index contributed by atoms with van der Waals surface area (Å²) in [6.45, 7) is 0.272. The smallest absolute Gasteiger partial charge is 0.290 e. The Morgan fingerprint density at radius 1 is 1.19 bits per heavy atom. The first-order valence-electron chi connectivity index (χ1n) is 11.3. The van der Waals surface area contributed by atoms with Gasteiger partial charge >= 0.3 is 0 Å². The van der Waals surface area contributed by atoms with Gasteiger partial charge in [-0.2, -0.15) is 0 Å². The third kappa shape index (κ3) is 6.71. The van der Waals surface area contributed by atoms with Crippen LogP contribution in [0.2, 0.25) is 10.0 Å². The molecule has 0 unspecified atom stereocenters. The van der Waals surface area contributed by atoms with Gasteiger partial charge in [-0.1, -0.05) is 23.2 Å². The van der Waals surface area contributed by atoms with E-state index >= 15 is 0 Å². The number of nitrogens with zero attached hydrogens (tertiary/aromatic N) is 2. The molecule has 2 aliphatic rings. The van der Waals surface area contributed by atoms with Crippen LogP contribution < -0.4 is 9.46 Å². The Morgan fingerprint density at radius 2 is 1.89 bits per heavy atom. The normalized spacial score (nSPS) is 21.1. The minimum atomic E-state index is -3.80. The predicted octanol–water partition coefficient (Wildman–Crippen LogP) is 5.67. The summed E-state index contributed by atoms with van der Waals surface area (Å²) >= 11 is 13.8. The lowest BCUT2D eigenvalue weighted by molar-refractivity contribution is -0.122. The molecule has 2 bridgehead atoms. The fourth-order valence-corrected chi connectivity index (χ4v) is 6.89. The van der Waals surface area contributed by atoms with Crippen LogP contribution in [-0.2, 0) is 21.4 Å². The number of hydrogen-bond acceptors (Lipinski definition) is 7. The van der Waals surface area contributed by atoms with Gasteiger partial charge in [0.2, 0.25) is 0 Å². The number of hydrogen-bond donors (Lipinski definition) is 2. The standard InChI is InChI=1S/C23H22Cl2FN3O3S2.CH2O2/c24-15-1-5-21(26)14(7-15)11-29-16-2-3-17(29)9-18(8-16)32-22-6-4-19(10-20(22)25)34(30,31)28-23-12-33-13-27-23;2-1-3/h1,4-7,10,12-13,16-18,28H,2-3,8-9,11H2;1H,(H,2,3)/t16-,17+,18+;. The van der Waals surface area contributed by atoms with Gasteiger partial charge in [0.15, 0.2) is 5.82 Å². The molecule has 2 aromatic carbocycles. The number of aromatic nitrogens is 1. The molecule has 198 valence electrons. The molecule has 8 nitrogen and oxygen atoms in total. The van der Waals surface area contributed by atoms with Gasteiger partial charge in [0.25, 0.3) is 16.5 Å². The number of carbonyl (C=O) groups is 1. The molecule has 5 rings (SSSR count). The average Bonchev–Trinajstić information content (AvgIpc) is 3.42. The molecule has 2 N–H and O–H groups in total. The predicted molar refractivity (Wildman–Crippen MR) is 140 cm³/mol. The van der Waals surface area contributed by atoms with E-state index in [1.807, 2.05) is 0 Å². The van der Waals surface area contributed by atoms with Crippen molar-refractivity contribution in [3.8, 4) is 5.75 Å². The lowest BCUT2D eigenvalue weighted by Crippen LogP contribution is -2.45. The van der Waals surface area contributed by atoms with Crippen molar-refractivity contribution in [2.75, 3.05) is 4.72 Å². The van der Waals surface area contributed by atoms with E-state index in [1.54, 1.807) is 29.1 Å². The zero-order valence-electron chi connectivity index (χ0n) is 19.4. The second kappa shape index (κ2) is 12.0.